The second kappa shape index (κ2) is 4.72. The van der Waals surface area contributed by atoms with Gasteiger partial charge in [-0.3, -0.25) is 0 Å². The molecule has 0 N–H and O–H groups in total. The second-order valence-electron chi connectivity index (χ2n) is 9.06. The summed E-state index contributed by atoms with van der Waals surface area (Å²) in [7, 11) is 0. The van der Waals surface area contributed by atoms with E-state index in [1.54, 1.807) is 0 Å². The summed E-state index contributed by atoms with van der Waals surface area (Å²) in [6.07, 6.45) is 4.74. The summed E-state index contributed by atoms with van der Waals surface area (Å²) in [6, 6.07) is 1.09. The minimum absolute atomic E-state index is 0.112. The number of epoxide rings is 4. The minimum atomic E-state index is -0.112. The van der Waals surface area contributed by atoms with Gasteiger partial charge in [-0.05, 0) is 53.4 Å². The fourth-order valence-electron chi connectivity index (χ4n) is 5.09. The maximum Gasteiger partial charge on any atom is 0.145 e. The summed E-state index contributed by atoms with van der Waals surface area (Å²) >= 11 is 0. The van der Waals surface area contributed by atoms with E-state index < -0.39 is 0 Å². The van der Waals surface area contributed by atoms with Gasteiger partial charge in [0.2, 0.25) is 0 Å². The first-order valence-corrected chi connectivity index (χ1v) is 9.43. The fraction of sp³-hybridized carbons (Fsp3) is 1.00. The molecule has 0 radical (unpaired) electrons. The van der Waals surface area contributed by atoms with Gasteiger partial charge in [0.15, 0.2) is 0 Å². The first-order chi connectivity index (χ1) is 11.3. The van der Waals surface area contributed by atoms with Crippen LogP contribution in [-0.4, -0.2) is 71.2 Å². The lowest BCUT2D eigenvalue weighted by Gasteiger charge is -2.45. The Morgan fingerprint density at radius 2 is 0.750 bits per heavy atom. The lowest BCUT2D eigenvalue weighted by atomic mass is 9.86. The van der Waals surface area contributed by atoms with Crippen molar-refractivity contribution >= 4 is 0 Å². The molecule has 5 fully saturated rings. The molecule has 24 heavy (non-hydrogen) atoms. The van der Waals surface area contributed by atoms with Crippen molar-refractivity contribution < 1.29 is 18.9 Å². The van der Waals surface area contributed by atoms with Crippen LogP contribution in [0.5, 0.6) is 0 Å². The highest BCUT2D eigenvalue weighted by molar-refractivity contribution is 5.06. The molecule has 4 heterocycles. The summed E-state index contributed by atoms with van der Waals surface area (Å²) in [5.41, 5.74) is -0.446. The van der Waals surface area contributed by atoms with Crippen molar-refractivity contribution in [3.05, 3.63) is 0 Å². The van der Waals surface area contributed by atoms with Crippen LogP contribution in [0.4, 0.5) is 0 Å². The molecule has 0 aromatic heterocycles. The van der Waals surface area contributed by atoms with Gasteiger partial charge in [-0.15, -0.1) is 0 Å². The Bertz CT molecular complexity index is 445. The SMILES string of the molecule is CC1(N(C2CCC(N(C3(C)CO3)C3(C)CO3)CC2)C2(C)CO2)CO1. The maximum atomic E-state index is 5.78. The summed E-state index contributed by atoms with van der Waals surface area (Å²) in [4.78, 5) is 5.04. The van der Waals surface area contributed by atoms with Crippen molar-refractivity contribution in [2.75, 3.05) is 26.4 Å². The van der Waals surface area contributed by atoms with Crippen LogP contribution in [0, 0.1) is 0 Å². The molecule has 4 unspecified atom stereocenters. The highest BCUT2D eigenvalue weighted by Crippen LogP contribution is 2.50. The molecular formula is C18H30N2O4. The number of rotatable bonds is 6. The van der Waals surface area contributed by atoms with Crippen molar-refractivity contribution in [3.63, 3.8) is 0 Å². The third-order valence-corrected chi connectivity index (χ3v) is 6.68. The van der Waals surface area contributed by atoms with Crippen LogP contribution in [0.15, 0.2) is 0 Å². The minimum Gasteiger partial charge on any atom is -0.354 e. The van der Waals surface area contributed by atoms with Gasteiger partial charge in [0.25, 0.3) is 0 Å². The number of nitrogens with zero attached hydrogens (tertiary/aromatic N) is 2. The van der Waals surface area contributed by atoms with Crippen LogP contribution >= 0.6 is 0 Å². The van der Waals surface area contributed by atoms with Gasteiger partial charge in [0.05, 0.1) is 26.4 Å². The molecule has 4 atom stereocenters. The number of ether oxygens (including phenoxy) is 4. The van der Waals surface area contributed by atoms with E-state index in [0.29, 0.717) is 12.1 Å². The molecule has 0 bridgehead atoms. The Morgan fingerprint density at radius 1 is 0.542 bits per heavy atom. The van der Waals surface area contributed by atoms with Crippen molar-refractivity contribution in [2.45, 2.75) is 88.4 Å². The molecule has 4 saturated heterocycles. The molecular weight excluding hydrogens is 308 g/mol. The summed E-state index contributed by atoms with van der Waals surface area (Å²) in [6.45, 7) is 12.1. The van der Waals surface area contributed by atoms with Gasteiger partial charge in [-0.25, -0.2) is 9.80 Å². The zero-order valence-electron chi connectivity index (χ0n) is 15.3. The second-order valence-corrected chi connectivity index (χ2v) is 9.06. The molecule has 6 nitrogen and oxygen atoms in total. The summed E-state index contributed by atoms with van der Waals surface area (Å²) in [5, 5.41) is 0. The molecule has 0 amide bonds. The van der Waals surface area contributed by atoms with E-state index in [-0.39, 0.29) is 22.9 Å². The van der Waals surface area contributed by atoms with Crippen LogP contribution in [0.25, 0.3) is 0 Å². The van der Waals surface area contributed by atoms with E-state index in [1.165, 1.54) is 25.7 Å². The highest BCUT2D eigenvalue weighted by Gasteiger charge is 2.63. The van der Waals surface area contributed by atoms with Gasteiger partial charge in [-0.1, -0.05) is 0 Å². The number of hydrogen-bond donors (Lipinski definition) is 0. The average molecular weight is 338 g/mol. The van der Waals surface area contributed by atoms with Crippen molar-refractivity contribution in [1.82, 2.24) is 9.80 Å². The monoisotopic (exact) mass is 338 g/mol. The van der Waals surface area contributed by atoms with E-state index in [4.69, 9.17) is 18.9 Å². The van der Waals surface area contributed by atoms with E-state index in [2.05, 4.69) is 37.5 Å². The predicted molar refractivity (Wildman–Crippen MR) is 87.2 cm³/mol. The van der Waals surface area contributed by atoms with Crippen LogP contribution in [0.1, 0.15) is 53.4 Å². The maximum absolute atomic E-state index is 5.78. The Balaban J connectivity index is 1.29. The quantitative estimate of drug-likeness (QED) is 0.690. The Kier molecular flexibility index (Phi) is 3.14. The highest BCUT2D eigenvalue weighted by atomic mass is 16.7. The zero-order valence-corrected chi connectivity index (χ0v) is 15.3. The smallest absolute Gasteiger partial charge is 0.145 e. The third-order valence-electron chi connectivity index (χ3n) is 6.68. The van der Waals surface area contributed by atoms with E-state index in [9.17, 15) is 0 Å². The van der Waals surface area contributed by atoms with Gasteiger partial charge < -0.3 is 18.9 Å². The van der Waals surface area contributed by atoms with E-state index in [1.807, 2.05) is 0 Å². The molecule has 0 aromatic carbocycles. The van der Waals surface area contributed by atoms with E-state index in [0.717, 1.165) is 26.4 Å². The lowest BCUT2D eigenvalue weighted by Crippen LogP contribution is -2.57. The first-order valence-electron chi connectivity index (χ1n) is 9.43. The predicted octanol–water partition coefficient (Wildman–Crippen LogP) is 1.89. The van der Waals surface area contributed by atoms with Gasteiger partial charge in [0, 0.05) is 12.1 Å². The Hall–Kier alpha value is -0.240. The topological polar surface area (TPSA) is 56.6 Å². The largest absolute Gasteiger partial charge is 0.354 e. The van der Waals surface area contributed by atoms with Gasteiger partial charge in [-0.2, -0.15) is 0 Å². The first kappa shape index (κ1) is 16.0. The van der Waals surface area contributed by atoms with Crippen molar-refractivity contribution in [2.24, 2.45) is 0 Å². The van der Waals surface area contributed by atoms with Gasteiger partial charge >= 0.3 is 0 Å². The zero-order chi connectivity index (χ0) is 16.8. The number of hydrogen-bond acceptors (Lipinski definition) is 6. The van der Waals surface area contributed by atoms with Crippen LogP contribution in [-0.2, 0) is 18.9 Å². The van der Waals surface area contributed by atoms with E-state index >= 15 is 0 Å². The Labute approximate surface area is 144 Å². The molecule has 5 aliphatic rings. The van der Waals surface area contributed by atoms with Crippen LogP contribution in [0.2, 0.25) is 0 Å². The molecule has 5 rings (SSSR count). The molecule has 6 heteroatoms. The Morgan fingerprint density at radius 3 is 0.917 bits per heavy atom. The van der Waals surface area contributed by atoms with Gasteiger partial charge in [0.1, 0.15) is 22.9 Å². The van der Waals surface area contributed by atoms with Crippen LogP contribution < -0.4 is 0 Å². The molecule has 1 saturated carbocycles. The molecule has 136 valence electrons. The summed E-state index contributed by atoms with van der Waals surface area (Å²) in [5.74, 6) is 0. The lowest BCUT2D eigenvalue weighted by molar-refractivity contribution is -0.0828. The molecule has 4 aliphatic heterocycles. The average Bonchev–Trinajstić information content (AvgIpc) is 3.30. The molecule has 0 spiro atoms. The van der Waals surface area contributed by atoms with Crippen LogP contribution in [0.3, 0.4) is 0 Å². The summed E-state index contributed by atoms with van der Waals surface area (Å²) < 4.78 is 23.1. The third kappa shape index (κ3) is 2.46. The standard InChI is InChI=1S/C18H30N2O4/c1-15(9-21-15)19(16(2)10-22-16)13-5-7-14(8-6-13)20(17(3)11-23-17)18(4)12-24-18/h13-14H,5-12H2,1-4H3. The van der Waals surface area contributed by atoms with Crippen molar-refractivity contribution in [1.29, 1.82) is 0 Å². The molecule has 0 aromatic rings. The van der Waals surface area contributed by atoms with Crippen molar-refractivity contribution in [3.8, 4) is 0 Å². The fourth-order valence-corrected chi connectivity index (χ4v) is 5.09. The molecule has 1 aliphatic carbocycles. The normalized spacial score (nSPS) is 55.8.